The summed E-state index contributed by atoms with van der Waals surface area (Å²) in [7, 11) is 0. The van der Waals surface area contributed by atoms with Gasteiger partial charge in [0, 0.05) is 17.8 Å². The number of carbonyl (C=O) groups excluding carboxylic acids is 1. The van der Waals surface area contributed by atoms with E-state index in [2.05, 4.69) is 10.4 Å². The Morgan fingerprint density at radius 2 is 1.50 bits per heavy atom. The van der Waals surface area contributed by atoms with Crippen molar-refractivity contribution in [1.82, 2.24) is 9.78 Å². The molecule has 36 heavy (non-hydrogen) atoms. The van der Waals surface area contributed by atoms with Gasteiger partial charge >= 0.3 is 18.0 Å². The largest absolute Gasteiger partial charge is 0.435 e. The van der Waals surface area contributed by atoms with E-state index in [0.717, 1.165) is 24.3 Å². The van der Waals surface area contributed by atoms with Crippen LogP contribution in [-0.4, -0.2) is 25.5 Å². The van der Waals surface area contributed by atoms with Crippen LogP contribution in [0.5, 0.6) is 0 Å². The molecule has 0 saturated heterocycles. The summed E-state index contributed by atoms with van der Waals surface area (Å²) in [5.74, 6) is -1.19. The van der Waals surface area contributed by atoms with E-state index >= 15 is 0 Å². The Morgan fingerprint density at radius 3 is 1.97 bits per heavy atom. The summed E-state index contributed by atoms with van der Waals surface area (Å²) in [6.45, 7) is 0. The SMILES string of the molecule is O=C(Nc1ccc(-n2nc(C(F)(F)F)cc2C(F)(F)F)cc1)c1cc([N+](=O)[O-])c(Cl)c([N+](=O)[O-])c1Cl. The average molecular weight is 558 g/mol. The number of nitrogens with one attached hydrogen (secondary N) is 1. The molecule has 1 heterocycles. The van der Waals surface area contributed by atoms with Gasteiger partial charge in [0.05, 0.1) is 21.1 Å². The van der Waals surface area contributed by atoms with Crippen molar-refractivity contribution in [2.45, 2.75) is 12.4 Å². The fraction of sp³-hybridized carbons (Fsp3) is 0.111. The second-order valence-corrected chi connectivity index (χ2v) is 7.51. The highest BCUT2D eigenvalue weighted by Gasteiger charge is 2.42. The smallest absolute Gasteiger partial charge is 0.322 e. The Bertz CT molecular complexity index is 1390. The van der Waals surface area contributed by atoms with E-state index in [0.29, 0.717) is 6.07 Å². The Labute approximate surface area is 204 Å². The lowest BCUT2D eigenvalue weighted by atomic mass is 10.1. The number of halogens is 8. The molecule has 10 nitrogen and oxygen atoms in total. The number of hydrogen-bond donors (Lipinski definition) is 1. The molecule has 0 atom stereocenters. The van der Waals surface area contributed by atoms with Crippen LogP contribution in [0.4, 0.5) is 43.4 Å². The molecule has 190 valence electrons. The summed E-state index contributed by atoms with van der Waals surface area (Å²) in [5.41, 5.74) is -6.92. The van der Waals surface area contributed by atoms with E-state index in [4.69, 9.17) is 23.2 Å². The maximum absolute atomic E-state index is 13.2. The number of nitrogens with zero attached hydrogens (tertiary/aromatic N) is 4. The van der Waals surface area contributed by atoms with Crippen LogP contribution in [-0.2, 0) is 12.4 Å². The second kappa shape index (κ2) is 9.27. The third-order valence-corrected chi connectivity index (χ3v) is 5.20. The molecule has 2 aromatic carbocycles. The van der Waals surface area contributed by atoms with Crippen molar-refractivity contribution >= 4 is 46.2 Å². The van der Waals surface area contributed by atoms with E-state index in [9.17, 15) is 51.4 Å². The lowest BCUT2D eigenvalue weighted by molar-refractivity contribution is -0.393. The predicted octanol–water partition coefficient (Wildman–Crippen LogP) is 6.29. The van der Waals surface area contributed by atoms with E-state index in [1.165, 1.54) is 0 Å². The first-order valence-corrected chi connectivity index (χ1v) is 9.75. The topological polar surface area (TPSA) is 133 Å². The fourth-order valence-corrected chi connectivity index (χ4v) is 3.51. The lowest BCUT2D eigenvalue weighted by Gasteiger charge is -2.12. The first-order chi connectivity index (χ1) is 16.5. The van der Waals surface area contributed by atoms with Gasteiger partial charge in [-0.3, -0.25) is 25.0 Å². The van der Waals surface area contributed by atoms with Crippen molar-refractivity contribution in [3.05, 3.63) is 83.6 Å². The van der Waals surface area contributed by atoms with Gasteiger partial charge in [0.2, 0.25) is 0 Å². The van der Waals surface area contributed by atoms with Crippen molar-refractivity contribution in [2.24, 2.45) is 0 Å². The maximum Gasteiger partial charge on any atom is 0.435 e. The first kappa shape index (κ1) is 26.7. The molecule has 0 bridgehead atoms. The highest BCUT2D eigenvalue weighted by molar-refractivity contribution is 6.41. The van der Waals surface area contributed by atoms with Gasteiger partial charge in [0.25, 0.3) is 11.6 Å². The molecule has 0 aliphatic rings. The lowest BCUT2D eigenvalue weighted by Crippen LogP contribution is -2.15. The third kappa shape index (κ3) is 5.18. The Morgan fingerprint density at radius 1 is 0.917 bits per heavy atom. The van der Waals surface area contributed by atoms with Gasteiger partial charge in [0.1, 0.15) is 10.7 Å². The second-order valence-electron chi connectivity index (χ2n) is 6.76. The summed E-state index contributed by atoms with van der Waals surface area (Å²) < 4.78 is 78.3. The zero-order valence-electron chi connectivity index (χ0n) is 16.8. The number of carbonyl (C=O) groups is 1. The molecule has 0 radical (unpaired) electrons. The summed E-state index contributed by atoms with van der Waals surface area (Å²) >= 11 is 11.5. The molecule has 1 aromatic heterocycles. The number of hydrogen-bond acceptors (Lipinski definition) is 6. The molecule has 0 fully saturated rings. The minimum atomic E-state index is -5.18. The minimum absolute atomic E-state index is 0.0111. The summed E-state index contributed by atoms with van der Waals surface area (Å²) in [6.07, 6.45) is -10.3. The van der Waals surface area contributed by atoms with Gasteiger partial charge in [-0.25, -0.2) is 4.68 Å². The zero-order chi connectivity index (χ0) is 27.2. The van der Waals surface area contributed by atoms with Gasteiger partial charge < -0.3 is 5.32 Å². The van der Waals surface area contributed by atoms with Crippen molar-refractivity contribution in [2.75, 3.05) is 5.32 Å². The van der Waals surface area contributed by atoms with E-state index in [1.54, 1.807) is 0 Å². The van der Waals surface area contributed by atoms with Gasteiger partial charge in [-0.05, 0) is 24.3 Å². The van der Waals surface area contributed by atoms with Crippen LogP contribution in [0.15, 0.2) is 36.4 Å². The zero-order valence-corrected chi connectivity index (χ0v) is 18.3. The molecule has 0 saturated carbocycles. The normalized spacial score (nSPS) is 11.9. The van der Waals surface area contributed by atoms with Crippen LogP contribution < -0.4 is 5.32 Å². The third-order valence-electron chi connectivity index (χ3n) is 4.44. The predicted molar refractivity (Wildman–Crippen MR) is 111 cm³/mol. The summed E-state index contributed by atoms with van der Waals surface area (Å²) in [5, 5.41) is 25.7. The van der Waals surface area contributed by atoms with Gasteiger partial charge in [0.15, 0.2) is 10.7 Å². The van der Waals surface area contributed by atoms with E-state index in [1.807, 2.05) is 0 Å². The maximum atomic E-state index is 13.2. The number of aromatic nitrogens is 2. The molecule has 18 heteroatoms. The van der Waals surface area contributed by atoms with Crippen molar-refractivity contribution < 1.29 is 41.0 Å². The summed E-state index contributed by atoms with van der Waals surface area (Å²) in [6, 6.07) is 4.17. The van der Waals surface area contributed by atoms with Crippen LogP contribution in [0.25, 0.3) is 5.69 Å². The first-order valence-electron chi connectivity index (χ1n) is 8.99. The quantitative estimate of drug-likeness (QED) is 0.223. The van der Waals surface area contributed by atoms with E-state index < -0.39 is 72.2 Å². The molecular weight excluding hydrogens is 551 g/mol. The van der Waals surface area contributed by atoms with Crippen molar-refractivity contribution in [1.29, 1.82) is 0 Å². The molecule has 0 unspecified atom stereocenters. The molecule has 1 N–H and O–H groups in total. The number of nitro groups is 2. The molecule has 1 amide bonds. The van der Waals surface area contributed by atoms with Crippen molar-refractivity contribution in [3.8, 4) is 5.69 Å². The Balaban J connectivity index is 1.97. The van der Waals surface area contributed by atoms with Crippen LogP contribution in [0.3, 0.4) is 0 Å². The highest BCUT2D eigenvalue weighted by atomic mass is 35.5. The standard InChI is InChI=1S/C18H7Cl2F6N5O5/c19-13-9(5-10(30(33)34)14(20)15(13)31(35)36)16(32)27-7-1-3-8(4-2-7)29-12(18(24,25)26)6-11(28-29)17(21,22)23/h1-6H,(H,27,32). The number of rotatable bonds is 5. The Hall–Kier alpha value is -3.92. The van der Waals surface area contributed by atoms with Crippen LogP contribution in [0, 0.1) is 20.2 Å². The van der Waals surface area contributed by atoms with Gasteiger partial charge in [-0.1, -0.05) is 23.2 Å². The molecule has 0 aliphatic heterocycles. The number of anilines is 1. The van der Waals surface area contributed by atoms with Gasteiger partial charge in [-0.15, -0.1) is 0 Å². The average Bonchev–Trinajstić information content (AvgIpc) is 3.20. The molecule has 0 spiro atoms. The van der Waals surface area contributed by atoms with E-state index in [-0.39, 0.29) is 16.4 Å². The Kier molecular flexibility index (Phi) is 6.87. The van der Waals surface area contributed by atoms with Crippen LogP contribution in [0.1, 0.15) is 21.7 Å². The highest BCUT2D eigenvalue weighted by Crippen LogP contribution is 2.42. The number of amides is 1. The minimum Gasteiger partial charge on any atom is -0.322 e. The fourth-order valence-electron chi connectivity index (χ4n) is 2.87. The number of nitro benzene ring substituents is 2. The van der Waals surface area contributed by atoms with Crippen LogP contribution in [0.2, 0.25) is 10.0 Å². The molecule has 0 aliphatic carbocycles. The monoisotopic (exact) mass is 557 g/mol. The van der Waals surface area contributed by atoms with Gasteiger partial charge in [-0.2, -0.15) is 31.4 Å². The van der Waals surface area contributed by atoms with Crippen molar-refractivity contribution in [3.63, 3.8) is 0 Å². The summed E-state index contributed by atoms with van der Waals surface area (Å²) in [4.78, 5) is 32.7. The number of benzene rings is 2. The molecule has 3 rings (SSSR count). The molecular formula is C18H7Cl2F6N5O5. The molecule has 3 aromatic rings. The number of alkyl halides is 6. The van der Waals surface area contributed by atoms with Crippen LogP contribution >= 0.6 is 23.2 Å².